The first-order valence-corrected chi connectivity index (χ1v) is 10.9. The van der Waals surface area contributed by atoms with E-state index >= 15 is 0 Å². The van der Waals surface area contributed by atoms with Gasteiger partial charge in [-0.3, -0.25) is 0 Å². The summed E-state index contributed by atoms with van der Waals surface area (Å²) in [6.07, 6.45) is 11.6. The number of carbonyl (C=O) groups excluding carboxylic acids is 1. The number of esters is 1. The van der Waals surface area contributed by atoms with Crippen LogP contribution in [-0.4, -0.2) is 19.7 Å². The van der Waals surface area contributed by atoms with Crippen LogP contribution in [0.15, 0.2) is 36.4 Å². The highest BCUT2D eigenvalue weighted by atomic mass is 16.5. The number of ether oxygens (including phenoxy) is 2. The van der Waals surface area contributed by atoms with E-state index in [9.17, 15) is 4.79 Å². The normalized spacial score (nSPS) is 11.1. The van der Waals surface area contributed by atoms with Crippen molar-refractivity contribution in [3.8, 4) is 5.75 Å². The van der Waals surface area contributed by atoms with Gasteiger partial charge in [-0.2, -0.15) is 0 Å². The Hall–Kier alpha value is -2.03. The molecule has 0 spiro atoms. The van der Waals surface area contributed by atoms with Gasteiger partial charge in [0.15, 0.2) is 0 Å². The molecule has 0 fully saturated rings. The van der Waals surface area contributed by atoms with Crippen molar-refractivity contribution in [1.82, 2.24) is 0 Å². The molecule has 0 saturated carbocycles. The quantitative estimate of drug-likeness (QED) is 0.271. The Morgan fingerprint density at radius 3 is 2.18 bits per heavy atom. The van der Waals surface area contributed by atoms with Crippen LogP contribution in [0.25, 0.3) is 10.8 Å². The van der Waals surface area contributed by atoms with Crippen molar-refractivity contribution in [2.45, 2.75) is 71.6 Å². The molecule has 3 nitrogen and oxygen atoms in total. The molecule has 0 aliphatic carbocycles. The zero-order chi connectivity index (χ0) is 20.2. The molecule has 0 unspecified atom stereocenters. The number of unbranched alkanes of at least 4 members (excludes halogenated alkanes) is 7. The van der Waals surface area contributed by atoms with Crippen molar-refractivity contribution >= 4 is 16.7 Å². The number of benzene rings is 2. The van der Waals surface area contributed by atoms with E-state index < -0.39 is 0 Å². The van der Waals surface area contributed by atoms with Crippen molar-refractivity contribution in [2.24, 2.45) is 5.92 Å². The summed E-state index contributed by atoms with van der Waals surface area (Å²) in [6.45, 7) is 5.24. The lowest BCUT2D eigenvalue weighted by molar-refractivity contribution is 0.0598. The van der Waals surface area contributed by atoms with Crippen LogP contribution in [0.2, 0.25) is 0 Å². The molecule has 154 valence electrons. The van der Waals surface area contributed by atoms with Gasteiger partial charge in [0, 0.05) is 0 Å². The molecule has 0 amide bonds. The van der Waals surface area contributed by atoms with Crippen LogP contribution >= 0.6 is 0 Å². The van der Waals surface area contributed by atoms with Crippen molar-refractivity contribution in [3.63, 3.8) is 0 Å². The van der Waals surface area contributed by atoms with Gasteiger partial charge in [0.25, 0.3) is 0 Å². The maximum atomic E-state index is 12.3. The lowest BCUT2D eigenvalue weighted by Crippen LogP contribution is -2.07. The molecular weight excluding hydrogens is 348 g/mol. The van der Waals surface area contributed by atoms with Crippen LogP contribution in [0.3, 0.4) is 0 Å². The average Bonchev–Trinajstić information content (AvgIpc) is 2.70. The van der Waals surface area contributed by atoms with Gasteiger partial charge in [-0.05, 0) is 29.2 Å². The van der Waals surface area contributed by atoms with E-state index in [1.54, 1.807) is 0 Å². The summed E-state index contributed by atoms with van der Waals surface area (Å²) in [6, 6.07) is 11.7. The number of methoxy groups -OCH3 is 1. The molecule has 0 aliphatic heterocycles. The van der Waals surface area contributed by atoms with E-state index in [-0.39, 0.29) is 5.97 Å². The van der Waals surface area contributed by atoms with Gasteiger partial charge in [0.1, 0.15) is 11.3 Å². The minimum Gasteiger partial charge on any atom is -0.493 e. The third kappa shape index (κ3) is 7.18. The van der Waals surface area contributed by atoms with Crippen LogP contribution in [-0.2, 0) is 4.74 Å². The van der Waals surface area contributed by atoms with Crippen molar-refractivity contribution in [1.29, 1.82) is 0 Å². The molecule has 3 heteroatoms. The number of hydrogen-bond acceptors (Lipinski definition) is 3. The molecule has 0 radical (unpaired) electrons. The van der Waals surface area contributed by atoms with Crippen LogP contribution in [0.1, 0.15) is 82.0 Å². The van der Waals surface area contributed by atoms with E-state index in [1.807, 2.05) is 36.4 Å². The largest absolute Gasteiger partial charge is 0.493 e. The molecule has 2 aromatic rings. The van der Waals surface area contributed by atoms with Gasteiger partial charge in [-0.15, -0.1) is 0 Å². The fourth-order valence-corrected chi connectivity index (χ4v) is 3.58. The Balaban J connectivity index is 1.70. The average molecular weight is 385 g/mol. The third-order valence-corrected chi connectivity index (χ3v) is 5.21. The molecular formula is C25H36O3. The summed E-state index contributed by atoms with van der Waals surface area (Å²) in [5.41, 5.74) is 0.530. The topological polar surface area (TPSA) is 35.5 Å². The number of hydrogen-bond donors (Lipinski definition) is 0. The van der Waals surface area contributed by atoms with E-state index in [2.05, 4.69) is 13.8 Å². The molecule has 0 bridgehead atoms. The first kappa shape index (κ1) is 22.3. The highest BCUT2D eigenvalue weighted by molar-refractivity contribution is 6.07. The molecule has 0 aromatic heterocycles. The standard InChI is InChI=1S/C25H36O3/c1-20(2)14-10-8-6-4-5-7-9-13-19-28-23-18-17-21-15-11-12-16-22(21)24(23)25(26)27-3/h11-12,15-18,20H,4-10,13-14,19H2,1-3H3. The smallest absolute Gasteiger partial charge is 0.342 e. The second kappa shape index (κ2) is 12.4. The molecule has 0 N–H and O–H groups in total. The van der Waals surface area contributed by atoms with Crippen molar-refractivity contribution in [2.75, 3.05) is 13.7 Å². The Morgan fingerprint density at radius 1 is 0.857 bits per heavy atom. The van der Waals surface area contributed by atoms with E-state index in [4.69, 9.17) is 9.47 Å². The summed E-state index contributed by atoms with van der Waals surface area (Å²) >= 11 is 0. The van der Waals surface area contributed by atoms with Crippen LogP contribution in [0, 0.1) is 5.92 Å². The van der Waals surface area contributed by atoms with Crippen molar-refractivity contribution < 1.29 is 14.3 Å². The third-order valence-electron chi connectivity index (χ3n) is 5.21. The monoisotopic (exact) mass is 384 g/mol. The molecule has 0 heterocycles. The highest BCUT2D eigenvalue weighted by Crippen LogP contribution is 2.29. The van der Waals surface area contributed by atoms with Crippen LogP contribution in [0.5, 0.6) is 5.75 Å². The van der Waals surface area contributed by atoms with Gasteiger partial charge in [-0.25, -0.2) is 4.79 Å². The van der Waals surface area contributed by atoms with Gasteiger partial charge in [0.05, 0.1) is 13.7 Å². The predicted molar refractivity (Wildman–Crippen MR) is 117 cm³/mol. The first-order chi connectivity index (χ1) is 13.6. The molecule has 0 atom stereocenters. The Morgan fingerprint density at radius 2 is 1.50 bits per heavy atom. The maximum absolute atomic E-state index is 12.3. The molecule has 2 rings (SSSR count). The summed E-state index contributed by atoms with van der Waals surface area (Å²) in [5, 5.41) is 1.90. The SMILES string of the molecule is COC(=O)c1c(OCCCCCCCCCCC(C)C)ccc2ccccc12. The van der Waals surface area contributed by atoms with E-state index in [1.165, 1.54) is 58.5 Å². The second-order valence-corrected chi connectivity index (χ2v) is 8.01. The molecule has 0 saturated heterocycles. The van der Waals surface area contributed by atoms with E-state index in [0.717, 1.165) is 23.1 Å². The molecule has 2 aromatic carbocycles. The zero-order valence-electron chi connectivity index (χ0n) is 17.8. The lowest BCUT2D eigenvalue weighted by atomic mass is 10.0. The fourth-order valence-electron chi connectivity index (χ4n) is 3.58. The second-order valence-electron chi connectivity index (χ2n) is 8.01. The Bertz CT molecular complexity index is 721. The molecule has 28 heavy (non-hydrogen) atoms. The van der Waals surface area contributed by atoms with Crippen LogP contribution < -0.4 is 4.74 Å². The number of rotatable bonds is 13. The van der Waals surface area contributed by atoms with Gasteiger partial charge in [0.2, 0.25) is 0 Å². The van der Waals surface area contributed by atoms with Crippen molar-refractivity contribution in [3.05, 3.63) is 42.0 Å². The van der Waals surface area contributed by atoms with Gasteiger partial charge in [-0.1, -0.05) is 95.5 Å². The van der Waals surface area contributed by atoms with E-state index in [0.29, 0.717) is 17.9 Å². The summed E-state index contributed by atoms with van der Waals surface area (Å²) < 4.78 is 10.9. The highest BCUT2D eigenvalue weighted by Gasteiger charge is 2.17. The maximum Gasteiger partial charge on any atom is 0.342 e. The number of fused-ring (bicyclic) bond motifs is 1. The minimum atomic E-state index is -0.343. The van der Waals surface area contributed by atoms with Crippen LogP contribution in [0.4, 0.5) is 0 Å². The summed E-state index contributed by atoms with van der Waals surface area (Å²) in [7, 11) is 1.41. The Kier molecular flexibility index (Phi) is 9.88. The van der Waals surface area contributed by atoms with Gasteiger partial charge >= 0.3 is 5.97 Å². The summed E-state index contributed by atoms with van der Waals surface area (Å²) in [4.78, 5) is 12.3. The summed E-state index contributed by atoms with van der Waals surface area (Å²) in [5.74, 6) is 1.11. The zero-order valence-corrected chi connectivity index (χ0v) is 17.8. The number of carbonyl (C=O) groups is 1. The Labute approximate surface area is 170 Å². The lowest BCUT2D eigenvalue weighted by Gasteiger charge is -2.13. The first-order valence-electron chi connectivity index (χ1n) is 10.9. The van der Waals surface area contributed by atoms with Gasteiger partial charge < -0.3 is 9.47 Å². The fraction of sp³-hybridized carbons (Fsp3) is 0.560. The minimum absolute atomic E-state index is 0.343. The molecule has 0 aliphatic rings. The predicted octanol–water partition coefficient (Wildman–Crippen LogP) is 7.17.